The fourth-order valence-corrected chi connectivity index (χ4v) is 3.09. The van der Waals surface area contributed by atoms with Crippen molar-refractivity contribution in [3.63, 3.8) is 0 Å². The number of aromatic nitrogens is 3. The van der Waals surface area contributed by atoms with Crippen molar-refractivity contribution in [2.75, 3.05) is 6.54 Å². The number of urea groups is 1. The molecule has 6 nitrogen and oxygen atoms in total. The van der Waals surface area contributed by atoms with Gasteiger partial charge in [0.25, 0.3) is 0 Å². The molecule has 1 fully saturated rings. The molecule has 0 aliphatic carbocycles. The Kier molecular flexibility index (Phi) is 4.55. The summed E-state index contributed by atoms with van der Waals surface area (Å²) in [5, 5.41) is 11.5. The van der Waals surface area contributed by atoms with E-state index in [0.717, 1.165) is 37.3 Å². The highest BCUT2D eigenvalue weighted by Gasteiger charge is 2.33. The summed E-state index contributed by atoms with van der Waals surface area (Å²) in [4.78, 5) is 14.6. The second-order valence-electron chi connectivity index (χ2n) is 7.28. The highest BCUT2D eigenvalue weighted by molar-refractivity contribution is 5.75. The number of carbonyl (C=O) groups excluding carboxylic acids is 1. The Morgan fingerprint density at radius 3 is 2.67 bits per heavy atom. The maximum atomic E-state index is 12.7. The number of hydrogen-bond donors (Lipinski definition) is 1. The van der Waals surface area contributed by atoms with Crippen LogP contribution in [-0.4, -0.2) is 37.8 Å². The number of nitrogens with one attached hydrogen (secondary N) is 1. The van der Waals surface area contributed by atoms with Gasteiger partial charge in [-0.1, -0.05) is 18.2 Å². The Morgan fingerprint density at radius 1 is 1.21 bits per heavy atom. The van der Waals surface area contributed by atoms with Crippen molar-refractivity contribution in [2.45, 2.75) is 51.6 Å². The molecule has 0 spiro atoms. The lowest BCUT2D eigenvalue weighted by molar-refractivity contribution is 0.140. The fourth-order valence-electron chi connectivity index (χ4n) is 3.09. The summed E-state index contributed by atoms with van der Waals surface area (Å²) in [6, 6.07) is 9.93. The number of para-hydroxylation sites is 1. The Balaban J connectivity index is 1.90. The van der Waals surface area contributed by atoms with E-state index in [2.05, 4.69) is 15.5 Å². The summed E-state index contributed by atoms with van der Waals surface area (Å²) < 4.78 is 1.98. The van der Waals surface area contributed by atoms with Gasteiger partial charge >= 0.3 is 6.03 Å². The van der Waals surface area contributed by atoms with E-state index in [9.17, 15) is 4.79 Å². The lowest BCUT2D eigenvalue weighted by atomic mass is 10.0. The van der Waals surface area contributed by atoms with Gasteiger partial charge in [-0.15, -0.1) is 10.2 Å². The number of benzene rings is 1. The van der Waals surface area contributed by atoms with Crippen LogP contribution in [0.1, 0.15) is 51.9 Å². The Bertz CT molecular complexity index is 689. The molecule has 1 saturated heterocycles. The fraction of sp³-hybridized carbons (Fsp3) is 0.500. The van der Waals surface area contributed by atoms with Crippen LogP contribution in [0.5, 0.6) is 0 Å². The molecular weight excluding hydrogens is 302 g/mol. The minimum atomic E-state index is -0.258. The van der Waals surface area contributed by atoms with E-state index in [0.29, 0.717) is 0 Å². The first-order chi connectivity index (χ1) is 11.5. The van der Waals surface area contributed by atoms with Crippen LogP contribution in [-0.2, 0) is 0 Å². The van der Waals surface area contributed by atoms with E-state index in [-0.39, 0.29) is 17.6 Å². The third kappa shape index (κ3) is 3.58. The van der Waals surface area contributed by atoms with Crippen molar-refractivity contribution in [2.24, 2.45) is 0 Å². The molecular formula is C18H25N5O. The molecule has 2 aromatic rings. The first kappa shape index (κ1) is 16.5. The molecule has 1 aliphatic heterocycles. The van der Waals surface area contributed by atoms with Crippen molar-refractivity contribution >= 4 is 6.03 Å². The first-order valence-electron chi connectivity index (χ1n) is 8.50. The maximum Gasteiger partial charge on any atom is 0.318 e. The zero-order valence-electron chi connectivity index (χ0n) is 14.6. The van der Waals surface area contributed by atoms with Gasteiger partial charge < -0.3 is 10.2 Å². The molecule has 128 valence electrons. The number of amides is 2. The van der Waals surface area contributed by atoms with Gasteiger partial charge in [-0.25, -0.2) is 4.79 Å². The normalized spacial score (nSPS) is 18.5. The summed E-state index contributed by atoms with van der Waals surface area (Å²) in [7, 11) is 0. The summed E-state index contributed by atoms with van der Waals surface area (Å²) in [6.07, 6.45) is 4.74. The molecule has 0 radical (unpaired) electrons. The van der Waals surface area contributed by atoms with Gasteiger partial charge in [-0.3, -0.25) is 4.57 Å². The highest BCUT2D eigenvalue weighted by atomic mass is 16.2. The molecule has 0 saturated carbocycles. The number of carbonyl (C=O) groups is 1. The quantitative estimate of drug-likeness (QED) is 0.920. The van der Waals surface area contributed by atoms with Gasteiger partial charge in [0.15, 0.2) is 5.82 Å². The Morgan fingerprint density at radius 2 is 1.96 bits per heavy atom. The molecule has 2 heterocycles. The first-order valence-corrected chi connectivity index (χ1v) is 8.50. The molecule has 2 amide bonds. The molecule has 24 heavy (non-hydrogen) atoms. The summed E-state index contributed by atoms with van der Waals surface area (Å²) in [5.74, 6) is 0.824. The average Bonchev–Trinajstić information content (AvgIpc) is 3.03. The van der Waals surface area contributed by atoms with E-state index < -0.39 is 0 Å². The van der Waals surface area contributed by atoms with Gasteiger partial charge in [-0.05, 0) is 52.2 Å². The lowest BCUT2D eigenvalue weighted by Gasteiger charge is -2.37. The van der Waals surface area contributed by atoms with Crippen molar-refractivity contribution in [1.29, 1.82) is 0 Å². The van der Waals surface area contributed by atoms with E-state index >= 15 is 0 Å². The number of nitrogens with zero attached hydrogens (tertiary/aromatic N) is 4. The smallest absolute Gasteiger partial charge is 0.318 e. The third-order valence-corrected chi connectivity index (χ3v) is 4.15. The van der Waals surface area contributed by atoms with Crippen LogP contribution in [0.15, 0.2) is 36.7 Å². The second-order valence-corrected chi connectivity index (χ2v) is 7.28. The van der Waals surface area contributed by atoms with Gasteiger partial charge in [0.05, 0.1) is 6.04 Å². The van der Waals surface area contributed by atoms with Crippen LogP contribution in [0, 0.1) is 0 Å². The minimum absolute atomic E-state index is 0.0326. The molecule has 1 aromatic heterocycles. The van der Waals surface area contributed by atoms with Crippen LogP contribution in [0.2, 0.25) is 0 Å². The monoisotopic (exact) mass is 327 g/mol. The van der Waals surface area contributed by atoms with E-state index in [1.807, 2.05) is 60.6 Å². The summed E-state index contributed by atoms with van der Waals surface area (Å²) >= 11 is 0. The largest absolute Gasteiger partial charge is 0.333 e. The van der Waals surface area contributed by atoms with Gasteiger partial charge in [0.1, 0.15) is 6.33 Å². The molecule has 0 bridgehead atoms. The van der Waals surface area contributed by atoms with Crippen molar-refractivity contribution in [3.8, 4) is 5.69 Å². The lowest BCUT2D eigenvalue weighted by Crippen LogP contribution is -2.51. The predicted molar refractivity (Wildman–Crippen MR) is 92.9 cm³/mol. The summed E-state index contributed by atoms with van der Waals surface area (Å²) in [5.41, 5.74) is 0.755. The minimum Gasteiger partial charge on any atom is -0.333 e. The molecule has 1 N–H and O–H groups in total. The molecule has 1 aliphatic rings. The molecule has 3 rings (SSSR count). The van der Waals surface area contributed by atoms with Gasteiger partial charge in [0, 0.05) is 17.8 Å². The average molecular weight is 327 g/mol. The number of rotatable bonds is 2. The SMILES string of the molecule is CC(C)(C)NC(=O)N1CCCCC1c1nncn1-c1ccccc1. The second kappa shape index (κ2) is 6.63. The molecule has 6 heteroatoms. The van der Waals surface area contributed by atoms with Gasteiger partial charge in [-0.2, -0.15) is 0 Å². The Hall–Kier alpha value is -2.37. The van der Waals surface area contributed by atoms with E-state index in [1.54, 1.807) is 6.33 Å². The highest BCUT2D eigenvalue weighted by Crippen LogP contribution is 2.31. The summed E-state index contributed by atoms with van der Waals surface area (Å²) in [6.45, 7) is 6.73. The van der Waals surface area contributed by atoms with E-state index in [4.69, 9.17) is 0 Å². The van der Waals surface area contributed by atoms with Crippen LogP contribution in [0.25, 0.3) is 5.69 Å². The topological polar surface area (TPSA) is 63.1 Å². The zero-order chi connectivity index (χ0) is 17.2. The van der Waals surface area contributed by atoms with E-state index in [1.165, 1.54) is 0 Å². The predicted octanol–water partition coefficient (Wildman–Crippen LogP) is 3.30. The van der Waals surface area contributed by atoms with Crippen LogP contribution >= 0.6 is 0 Å². The Labute approximate surface area is 142 Å². The standard InChI is InChI=1S/C18H25N5O/c1-18(2,3)20-17(24)22-12-8-7-11-15(22)16-21-19-13-23(16)14-9-5-4-6-10-14/h4-6,9-10,13,15H,7-8,11-12H2,1-3H3,(H,20,24). The van der Waals surface area contributed by atoms with Crippen molar-refractivity contribution < 1.29 is 4.79 Å². The number of piperidine rings is 1. The maximum absolute atomic E-state index is 12.7. The number of hydrogen-bond acceptors (Lipinski definition) is 3. The van der Waals surface area contributed by atoms with Gasteiger partial charge in [0.2, 0.25) is 0 Å². The third-order valence-electron chi connectivity index (χ3n) is 4.15. The van der Waals surface area contributed by atoms with Crippen LogP contribution < -0.4 is 5.32 Å². The zero-order valence-corrected chi connectivity index (χ0v) is 14.6. The molecule has 1 atom stereocenters. The van der Waals surface area contributed by atoms with Crippen molar-refractivity contribution in [3.05, 3.63) is 42.5 Å². The van der Waals surface area contributed by atoms with Crippen LogP contribution in [0.3, 0.4) is 0 Å². The van der Waals surface area contributed by atoms with Crippen molar-refractivity contribution in [1.82, 2.24) is 25.0 Å². The molecule has 1 unspecified atom stereocenters. The van der Waals surface area contributed by atoms with Crippen LogP contribution in [0.4, 0.5) is 4.79 Å². The molecule has 1 aromatic carbocycles. The number of likely N-dealkylation sites (tertiary alicyclic amines) is 1.